The molecule has 0 fully saturated rings. The molecule has 92 valence electrons. The first kappa shape index (κ1) is 11.0. The summed E-state index contributed by atoms with van der Waals surface area (Å²) in [5.74, 6) is 1.36. The third-order valence-electron chi connectivity index (χ3n) is 3.21. The normalized spacial score (nSPS) is 13.2. The van der Waals surface area contributed by atoms with Crippen LogP contribution in [0.15, 0.2) is 30.6 Å². The molecule has 4 heteroatoms. The van der Waals surface area contributed by atoms with Gasteiger partial charge in [0.25, 0.3) is 0 Å². The number of ether oxygens (including phenoxy) is 1. The minimum absolute atomic E-state index is 0.0310. The zero-order chi connectivity index (χ0) is 12.5. The molecule has 0 N–H and O–H groups in total. The van der Waals surface area contributed by atoms with Gasteiger partial charge in [-0.05, 0) is 30.7 Å². The summed E-state index contributed by atoms with van der Waals surface area (Å²) in [6.07, 6.45) is 4.36. The fourth-order valence-electron chi connectivity index (χ4n) is 2.23. The topological polar surface area (TPSA) is 44.1 Å². The predicted octanol–water partition coefficient (Wildman–Crippen LogP) is 2.07. The summed E-state index contributed by atoms with van der Waals surface area (Å²) in [6, 6.07) is 5.59. The molecule has 0 radical (unpaired) electrons. The Balaban J connectivity index is 1.98. The van der Waals surface area contributed by atoms with Gasteiger partial charge in [0.05, 0.1) is 6.61 Å². The van der Waals surface area contributed by atoms with Gasteiger partial charge < -0.3 is 9.30 Å². The summed E-state index contributed by atoms with van der Waals surface area (Å²) >= 11 is 0. The number of aromatic nitrogens is 2. The summed E-state index contributed by atoms with van der Waals surface area (Å²) in [4.78, 5) is 16.5. The number of ketones is 1. The maximum atomic E-state index is 12.4. The van der Waals surface area contributed by atoms with Gasteiger partial charge in [0.15, 0.2) is 5.82 Å². The summed E-state index contributed by atoms with van der Waals surface area (Å²) in [5, 5.41) is 0. The number of carbonyl (C=O) groups is 1. The maximum absolute atomic E-state index is 12.4. The Hall–Kier alpha value is -2.10. The van der Waals surface area contributed by atoms with E-state index in [1.807, 2.05) is 29.8 Å². The maximum Gasteiger partial charge on any atom is 0.228 e. The Morgan fingerprint density at radius 1 is 1.50 bits per heavy atom. The lowest BCUT2D eigenvalue weighted by molar-refractivity contribution is 0.102. The highest BCUT2D eigenvalue weighted by atomic mass is 16.5. The third kappa shape index (κ3) is 1.70. The van der Waals surface area contributed by atoms with Crippen molar-refractivity contribution < 1.29 is 9.53 Å². The Labute approximate surface area is 105 Å². The SMILES string of the molecule is CCn1ccnc1C(=O)c1ccc2c(c1)CCO2. The number of imidazole rings is 1. The minimum Gasteiger partial charge on any atom is -0.493 e. The highest BCUT2D eigenvalue weighted by molar-refractivity contribution is 6.06. The zero-order valence-corrected chi connectivity index (χ0v) is 10.2. The summed E-state index contributed by atoms with van der Waals surface area (Å²) in [7, 11) is 0. The second-order valence-corrected chi connectivity index (χ2v) is 4.29. The summed E-state index contributed by atoms with van der Waals surface area (Å²) in [5.41, 5.74) is 1.79. The smallest absolute Gasteiger partial charge is 0.228 e. The van der Waals surface area contributed by atoms with Gasteiger partial charge in [0.2, 0.25) is 5.78 Å². The third-order valence-corrected chi connectivity index (χ3v) is 3.21. The van der Waals surface area contributed by atoms with Crippen LogP contribution in [-0.4, -0.2) is 21.9 Å². The van der Waals surface area contributed by atoms with Gasteiger partial charge in [-0.2, -0.15) is 0 Å². The molecule has 1 aliphatic rings. The number of benzene rings is 1. The fourth-order valence-corrected chi connectivity index (χ4v) is 2.23. The van der Waals surface area contributed by atoms with Crippen molar-refractivity contribution in [3.8, 4) is 5.75 Å². The van der Waals surface area contributed by atoms with Crippen molar-refractivity contribution in [1.82, 2.24) is 9.55 Å². The van der Waals surface area contributed by atoms with E-state index in [1.165, 1.54) is 0 Å². The average Bonchev–Trinajstić information content (AvgIpc) is 3.05. The van der Waals surface area contributed by atoms with E-state index in [4.69, 9.17) is 4.74 Å². The van der Waals surface area contributed by atoms with Gasteiger partial charge in [0.1, 0.15) is 5.75 Å². The summed E-state index contributed by atoms with van der Waals surface area (Å²) < 4.78 is 7.29. The van der Waals surface area contributed by atoms with Gasteiger partial charge in [-0.25, -0.2) is 4.98 Å². The molecule has 0 bridgehead atoms. The first-order valence-corrected chi connectivity index (χ1v) is 6.11. The first-order chi connectivity index (χ1) is 8.79. The number of nitrogens with zero attached hydrogens (tertiary/aromatic N) is 2. The number of aryl methyl sites for hydroxylation is 1. The largest absolute Gasteiger partial charge is 0.493 e. The lowest BCUT2D eigenvalue weighted by Gasteiger charge is -2.05. The van der Waals surface area contributed by atoms with Crippen molar-refractivity contribution >= 4 is 5.78 Å². The lowest BCUT2D eigenvalue weighted by atomic mass is 10.1. The molecule has 0 saturated heterocycles. The van der Waals surface area contributed by atoms with Gasteiger partial charge in [-0.1, -0.05) is 0 Å². The highest BCUT2D eigenvalue weighted by Gasteiger charge is 2.18. The lowest BCUT2D eigenvalue weighted by Crippen LogP contribution is -2.10. The Morgan fingerprint density at radius 2 is 2.39 bits per heavy atom. The van der Waals surface area contributed by atoms with E-state index in [0.29, 0.717) is 18.0 Å². The molecule has 1 aromatic carbocycles. The molecular weight excluding hydrogens is 228 g/mol. The Bertz CT molecular complexity index is 602. The second-order valence-electron chi connectivity index (χ2n) is 4.29. The van der Waals surface area contributed by atoms with Crippen molar-refractivity contribution in [3.63, 3.8) is 0 Å². The Kier molecular flexibility index (Phi) is 2.63. The van der Waals surface area contributed by atoms with Crippen LogP contribution in [0.25, 0.3) is 0 Å². The molecule has 0 amide bonds. The molecular formula is C14H14N2O2. The second kappa shape index (κ2) is 4.29. The highest BCUT2D eigenvalue weighted by Crippen LogP contribution is 2.26. The van der Waals surface area contributed by atoms with Crippen molar-refractivity contribution in [3.05, 3.63) is 47.5 Å². The molecule has 3 rings (SSSR count). The van der Waals surface area contributed by atoms with Crippen LogP contribution in [-0.2, 0) is 13.0 Å². The average molecular weight is 242 g/mol. The molecule has 0 unspecified atom stereocenters. The van der Waals surface area contributed by atoms with E-state index in [2.05, 4.69) is 4.98 Å². The standard InChI is InChI=1S/C14H14N2O2/c1-2-16-7-6-15-14(16)13(17)11-3-4-12-10(9-11)5-8-18-12/h3-4,6-7,9H,2,5,8H2,1H3. The van der Waals surface area contributed by atoms with Gasteiger partial charge in [-0.3, -0.25) is 4.79 Å². The van der Waals surface area contributed by atoms with E-state index in [-0.39, 0.29) is 5.78 Å². The molecule has 2 heterocycles. The molecule has 0 spiro atoms. The molecule has 1 aromatic heterocycles. The van der Waals surface area contributed by atoms with Gasteiger partial charge in [-0.15, -0.1) is 0 Å². The monoisotopic (exact) mass is 242 g/mol. The number of hydrogen-bond donors (Lipinski definition) is 0. The zero-order valence-electron chi connectivity index (χ0n) is 10.2. The number of hydrogen-bond acceptors (Lipinski definition) is 3. The van der Waals surface area contributed by atoms with E-state index in [0.717, 1.165) is 24.3 Å². The molecule has 1 aliphatic heterocycles. The van der Waals surface area contributed by atoms with Gasteiger partial charge in [0, 0.05) is 30.9 Å². The van der Waals surface area contributed by atoms with Crippen LogP contribution in [0.3, 0.4) is 0 Å². The van der Waals surface area contributed by atoms with Crippen LogP contribution in [0.4, 0.5) is 0 Å². The number of carbonyl (C=O) groups excluding carboxylic acids is 1. The predicted molar refractivity (Wildman–Crippen MR) is 67.0 cm³/mol. The summed E-state index contributed by atoms with van der Waals surface area (Å²) in [6.45, 7) is 3.45. The van der Waals surface area contributed by atoms with Crippen LogP contribution >= 0.6 is 0 Å². The fraction of sp³-hybridized carbons (Fsp3) is 0.286. The quantitative estimate of drug-likeness (QED) is 0.774. The van der Waals surface area contributed by atoms with E-state index < -0.39 is 0 Å². The number of fused-ring (bicyclic) bond motifs is 1. The van der Waals surface area contributed by atoms with Crippen molar-refractivity contribution in [2.45, 2.75) is 19.9 Å². The van der Waals surface area contributed by atoms with Crippen LogP contribution < -0.4 is 4.74 Å². The molecule has 0 atom stereocenters. The van der Waals surface area contributed by atoms with E-state index >= 15 is 0 Å². The van der Waals surface area contributed by atoms with Gasteiger partial charge >= 0.3 is 0 Å². The van der Waals surface area contributed by atoms with E-state index in [9.17, 15) is 4.79 Å². The minimum atomic E-state index is -0.0310. The molecule has 2 aromatic rings. The molecule has 4 nitrogen and oxygen atoms in total. The first-order valence-electron chi connectivity index (χ1n) is 6.11. The number of rotatable bonds is 3. The van der Waals surface area contributed by atoms with Crippen molar-refractivity contribution in [1.29, 1.82) is 0 Å². The molecule has 0 saturated carbocycles. The van der Waals surface area contributed by atoms with Crippen LogP contribution in [0.1, 0.15) is 28.7 Å². The Morgan fingerprint density at radius 3 is 3.22 bits per heavy atom. The van der Waals surface area contributed by atoms with Crippen molar-refractivity contribution in [2.75, 3.05) is 6.61 Å². The van der Waals surface area contributed by atoms with E-state index in [1.54, 1.807) is 12.3 Å². The van der Waals surface area contributed by atoms with Crippen LogP contribution in [0.2, 0.25) is 0 Å². The van der Waals surface area contributed by atoms with Crippen LogP contribution in [0.5, 0.6) is 5.75 Å². The molecule has 18 heavy (non-hydrogen) atoms. The van der Waals surface area contributed by atoms with Crippen molar-refractivity contribution in [2.24, 2.45) is 0 Å². The molecule has 0 aliphatic carbocycles. The van der Waals surface area contributed by atoms with Crippen LogP contribution in [0, 0.1) is 0 Å².